The molecule has 0 bridgehead atoms. The van der Waals surface area contributed by atoms with E-state index in [1.807, 2.05) is 74.5 Å². The zero-order valence-corrected chi connectivity index (χ0v) is 16.7. The van der Waals surface area contributed by atoms with Gasteiger partial charge in [0, 0.05) is 11.4 Å². The third-order valence-electron chi connectivity index (χ3n) is 4.69. The Labute approximate surface area is 170 Å². The van der Waals surface area contributed by atoms with Crippen LogP contribution in [0.25, 0.3) is 0 Å². The molecule has 3 aromatic rings. The van der Waals surface area contributed by atoms with Gasteiger partial charge in [-0.25, -0.2) is 0 Å². The normalized spacial score (nSPS) is 12.0. The van der Waals surface area contributed by atoms with Crippen molar-refractivity contribution in [3.05, 3.63) is 94.5 Å². The number of ether oxygens (including phenoxy) is 1. The first-order chi connectivity index (χ1) is 13.5. The molecule has 144 valence electrons. The van der Waals surface area contributed by atoms with E-state index in [9.17, 15) is 9.90 Å². The Morgan fingerprint density at radius 2 is 1.64 bits per heavy atom. The van der Waals surface area contributed by atoms with E-state index in [2.05, 4.69) is 0 Å². The van der Waals surface area contributed by atoms with Gasteiger partial charge in [-0.3, -0.25) is 4.79 Å². The van der Waals surface area contributed by atoms with Gasteiger partial charge in [-0.15, -0.1) is 0 Å². The van der Waals surface area contributed by atoms with Gasteiger partial charge < -0.3 is 9.84 Å². The van der Waals surface area contributed by atoms with Crippen LogP contribution in [0.4, 0.5) is 0 Å². The summed E-state index contributed by atoms with van der Waals surface area (Å²) in [6, 6.07) is 22.9. The van der Waals surface area contributed by atoms with Crippen molar-refractivity contribution in [2.75, 3.05) is 0 Å². The van der Waals surface area contributed by atoms with Crippen LogP contribution in [0.3, 0.4) is 0 Å². The Morgan fingerprint density at radius 1 is 0.964 bits per heavy atom. The summed E-state index contributed by atoms with van der Waals surface area (Å²) in [6.07, 6.45) is 0.556. The van der Waals surface area contributed by atoms with E-state index in [1.165, 1.54) is 0 Å². The fraction of sp³-hybridized carbons (Fsp3) is 0.208. The molecule has 0 aliphatic heterocycles. The lowest BCUT2D eigenvalue weighted by atomic mass is 9.87. The minimum Gasteiger partial charge on any atom is -0.481 e. The Kier molecular flexibility index (Phi) is 6.37. The smallest absolute Gasteiger partial charge is 0.311 e. The van der Waals surface area contributed by atoms with Gasteiger partial charge in [0.1, 0.15) is 11.5 Å². The molecule has 4 heteroatoms. The second kappa shape index (κ2) is 8.94. The van der Waals surface area contributed by atoms with Crippen molar-refractivity contribution in [2.45, 2.75) is 26.2 Å². The highest BCUT2D eigenvalue weighted by atomic mass is 35.5. The number of carboxylic acid groups (broad SMARTS) is 1. The number of hydrogen-bond acceptors (Lipinski definition) is 2. The molecule has 3 aromatic carbocycles. The highest BCUT2D eigenvalue weighted by Crippen LogP contribution is 2.32. The molecule has 0 amide bonds. The fourth-order valence-corrected chi connectivity index (χ4v) is 3.49. The van der Waals surface area contributed by atoms with Crippen molar-refractivity contribution >= 4 is 17.6 Å². The van der Waals surface area contributed by atoms with Gasteiger partial charge >= 0.3 is 5.97 Å². The monoisotopic (exact) mass is 394 g/mol. The lowest BCUT2D eigenvalue weighted by Gasteiger charge is -2.18. The molecule has 0 aromatic heterocycles. The summed E-state index contributed by atoms with van der Waals surface area (Å²) in [5, 5.41) is 10.2. The molecule has 1 unspecified atom stereocenters. The second-order valence-electron chi connectivity index (χ2n) is 7.11. The first-order valence-corrected chi connectivity index (χ1v) is 9.65. The third-order valence-corrected chi connectivity index (χ3v) is 5.05. The average molecular weight is 395 g/mol. The molecule has 0 spiro atoms. The Morgan fingerprint density at radius 3 is 2.32 bits per heavy atom. The van der Waals surface area contributed by atoms with Gasteiger partial charge in [-0.05, 0) is 46.9 Å². The summed E-state index contributed by atoms with van der Waals surface area (Å²) in [5.41, 5.74) is 2.64. The summed E-state index contributed by atoms with van der Waals surface area (Å²) in [6.45, 7) is 3.83. The number of carbonyl (C=O) groups is 1. The summed E-state index contributed by atoms with van der Waals surface area (Å²) in [5.74, 6) is 0.123. The van der Waals surface area contributed by atoms with Crippen LogP contribution in [0.1, 0.15) is 36.5 Å². The summed E-state index contributed by atoms with van der Waals surface area (Å²) in [4.78, 5) is 11.7. The van der Waals surface area contributed by atoms with E-state index in [1.54, 1.807) is 12.1 Å². The zero-order valence-electron chi connectivity index (χ0n) is 15.9. The van der Waals surface area contributed by atoms with Crippen LogP contribution in [-0.4, -0.2) is 11.1 Å². The van der Waals surface area contributed by atoms with E-state index < -0.39 is 11.9 Å². The Hall–Kier alpha value is -2.78. The molecule has 0 aliphatic carbocycles. The van der Waals surface area contributed by atoms with Crippen molar-refractivity contribution in [1.82, 2.24) is 0 Å². The van der Waals surface area contributed by atoms with Gasteiger partial charge in [-0.1, -0.05) is 74.0 Å². The van der Waals surface area contributed by atoms with E-state index in [4.69, 9.17) is 16.3 Å². The molecule has 1 atom stereocenters. The number of benzene rings is 3. The van der Waals surface area contributed by atoms with Crippen molar-refractivity contribution < 1.29 is 14.6 Å². The number of carboxylic acids is 1. The predicted molar refractivity (Wildman–Crippen MR) is 112 cm³/mol. The van der Waals surface area contributed by atoms with Crippen LogP contribution >= 0.6 is 11.6 Å². The molecule has 3 nitrogen and oxygen atoms in total. The van der Waals surface area contributed by atoms with Crippen LogP contribution in [0.15, 0.2) is 72.8 Å². The van der Waals surface area contributed by atoms with Gasteiger partial charge in [0.2, 0.25) is 0 Å². The summed E-state index contributed by atoms with van der Waals surface area (Å²) >= 11 is 6.43. The minimum atomic E-state index is -0.823. The van der Waals surface area contributed by atoms with Crippen molar-refractivity contribution in [1.29, 1.82) is 0 Å². The minimum absolute atomic E-state index is 0.0137. The molecule has 0 fully saturated rings. The largest absolute Gasteiger partial charge is 0.481 e. The molecular formula is C24H23ClO3. The first-order valence-electron chi connectivity index (χ1n) is 9.27. The highest BCUT2D eigenvalue weighted by molar-refractivity contribution is 6.31. The van der Waals surface area contributed by atoms with Crippen LogP contribution in [0.2, 0.25) is 5.02 Å². The van der Waals surface area contributed by atoms with Gasteiger partial charge in [0.25, 0.3) is 0 Å². The van der Waals surface area contributed by atoms with Crippen molar-refractivity contribution in [3.63, 3.8) is 0 Å². The molecule has 1 N–H and O–H groups in total. The molecule has 0 aliphatic rings. The summed E-state index contributed by atoms with van der Waals surface area (Å²) in [7, 11) is 0. The van der Waals surface area contributed by atoms with Crippen LogP contribution in [0.5, 0.6) is 11.5 Å². The fourth-order valence-electron chi connectivity index (χ4n) is 3.31. The quantitative estimate of drug-likeness (QED) is 0.494. The molecule has 0 heterocycles. The van der Waals surface area contributed by atoms with E-state index in [0.29, 0.717) is 11.4 Å². The maximum absolute atomic E-state index is 11.7. The lowest BCUT2D eigenvalue weighted by Crippen LogP contribution is -2.17. The van der Waals surface area contributed by atoms with Crippen molar-refractivity contribution in [3.8, 4) is 11.5 Å². The number of halogens is 1. The van der Waals surface area contributed by atoms with Gasteiger partial charge in [0.15, 0.2) is 0 Å². The average Bonchev–Trinajstić information content (AvgIpc) is 2.66. The standard InChI is InChI=1S/C24H23ClO3/c1-16(2)23(24(26)27)18-12-13-21(25)19(15-18)14-17-8-6-7-11-22(17)28-20-9-4-3-5-10-20/h3-13,15-16,23H,14H2,1-2H3,(H,26,27). The number of para-hydroxylation sites is 2. The van der Waals surface area contributed by atoms with E-state index in [-0.39, 0.29) is 5.92 Å². The van der Waals surface area contributed by atoms with Gasteiger partial charge in [-0.2, -0.15) is 0 Å². The third kappa shape index (κ3) is 4.73. The van der Waals surface area contributed by atoms with Crippen LogP contribution in [0, 0.1) is 5.92 Å². The Bertz CT molecular complexity index is 951. The number of rotatable bonds is 7. The molecule has 0 saturated heterocycles. The molecule has 28 heavy (non-hydrogen) atoms. The maximum Gasteiger partial charge on any atom is 0.311 e. The van der Waals surface area contributed by atoms with E-state index >= 15 is 0 Å². The van der Waals surface area contributed by atoms with Crippen LogP contribution < -0.4 is 4.74 Å². The van der Waals surface area contributed by atoms with Crippen LogP contribution in [-0.2, 0) is 11.2 Å². The second-order valence-corrected chi connectivity index (χ2v) is 7.52. The SMILES string of the molecule is CC(C)C(C(=O)O)c1ccc(Cl)c(Cc2ccccc2Oc2ccccc2)c1. The number of hydrogen-bond donors (Lipinski definition) is 1. The summed E-state index contributed by atoms with van der Waals surface area (Å²) < 4.78 is 6.04. The Balaban J connectivity index is 1.92. The molecule has 3 rings (SSSR count). The molecular weight excluding hydrogens is 372 g/mol. The molecule has 0 radical (unpaired) electrons. The van der Waals surface area contributed by atoms with Crippen molar-refractivity contribution in [2.24, 2.45) is 5.92 Å². The van der Waals surface area contributed by atoms with E-state index in [0.717, 1.165) is 28.2 Å². The highest BCUT2D eigenvalue weighted by Gasteiger charge is 2.24. The molecule has 0 saturated carbocycles. The maximum atomic E-state index is 11.7. The number of aliphatic carboxylic acids is 1. The lowest BCUT2D eigenvalue weighted by molar-refractivity contribution is -0.139. The van der Waals surface area contributed by atoms with Gasteiger partial charge in [0.05, 0.1) is 5.92 Å². The zero-order chi connectivity index (χ0) is 20.1. The predicted octanol–water partition coefficient (Wildman–Crippen LogP) is 6.55. The first kappa shape index (κ1) is 20.0. The topological polar surface area (TPSA) is 46.5 Å².